The molecule has 2 atom stereocenters. The van der Waals surface area contributed by atoms with Crippen molar-refractivity contribution in [2.75, 3.05) is 26.7 Å². The average Bonchev–Trinajstić information content (AvgIpc) is 2.12. The Morgan fingerprint density at radius 1 is 1.40 bits per heavy atom. The number of piperidine rings is 1. The predicted octanol–water partition coefficient (Wildman–Crippen LogP) is 2.35. The SMILES string of the molecule is CC(CNC1CCCN(C)C1)C(C)(C)C. The van der Waals surface area contributed by atoms with E-state index in [0.717, 1.165) is 12.5 Å². The van der Waals surface area contributed by atoms with Crippen molar-refractivity contribution in [3.63, 3.8) is 0 Å². The highest BCUT2D eigenvalue weighted by atomic mass is 15.1. The minimum atomic E-state index is 0.424. The van der Waals surface area contributed by atoms with Crippen LogP contribution in [-0.2, 0) is 0 Å². The zero-order chi connectivity index (χ0) is 11.5. The Morgan fingerprint density at radius 2 is 2.07 bits per heavy atom. The Labute approximate surface area is 95.4 Å². The highest BCUT2D eigenvalue weighted by Crippen LogP contribution is 2.24. The molecular formula is C13H28N2. The molecule has 1 aliphatic rings. The molecule has 90 valence electrons. The van der Waals surface area contributed by atoms with Crippen LogP contribution in [0.2, 0.25) is 0 Å². The summed E-state index contributed by atoms with van der Waals surface area (Å²) in [5.74, 6) is 0.740. The highest BCUT2D eigenvalue weighted by molar-refractivity contribution is 4.79. The summed E-state index contributed by atoms with van der Waals surface area (Å²) in [7, 11) is 2.22. The van der Waals surface area contributed by atoms with Gasteiger partial charge >= 0.3 is 0 Å². The van der Waals surface area contributed by atoms with Crippen LogP contribution in [0.15, 0.2) is 0 Å². The van der Waals surface area contributed by atoms with Crippen LogP contribution in [0.4, 0.5) is 0 Å². The molecule has 1 N–H and O–H groups in total. The molecule has 2 unspecified atom stereocenters. The maximum absolute atomic E-state index is 3.72. The molecule has 1 saturated heterocycles. The van der Waals surface area contributed by atoms with E-state index in [4.69, 9.17) is 0 Å². The predicted molar refractivity (Wildman–Crippen MR) is 67.1 cm³/mol. The van der Waals surface area contributed by atoms with Crippen molar-refractivity contribution in [2.45, 2.75) is 46.6 Å². The minimum Gasteiger partial charge on any atom is -0.312 e. The van der Waals surface area contributed by atoms with Crippen molar-refractivity contribution in [1.29, 1.82) is 0 Å². The summed E-state index contributed by atoms with van der Waals surface area (Å²) in [6, 6.07) is 0.716. The van der Waals surface area contributed by atoms with Crippen LogP contribution >= 0.6 is 0 Å². The molecule has 1 rings (SSSR count). The van der Waals surface area contributed by atoms with Crippen LogP contribution in [0.25, 0.3) is 0 Å². The Morgan fingerprint density at radius 3 is 2.60 bits per heavy atom. The first-order valence-corrected chi connectivity index (χ1v) is 6.31. The lowest BCUT2D eigenvalue weighted by molar-refractivity contribution is 0.198. The van der Waals surface area contributed by atoms with E-state index < -0.39 is 0 Å². The van der Waals surface area contributed by atoms with Crippen LogP contribution in [0, 0.1) is 11.3 Å². The second-order valence-corrected chi connectivity index (χ2v) is 6.28. The van der Waals surface area contributed by atoms with E-state index in [1.807, 2.05) is 0 Å². The molecule has 0 aromatic rings. The molecule has 1 heterocycles. The van der Waals surface area contributed by atoms with E-state index in [2.05, 4.69) is 45.0 Å². The fourth-order valence-electron chi connectivity index (χ4n) is 1.98. The van der Waals surface area contributed by atoms with Gasteiger partial charge in [0.2, 0.25) is 0 Å². The van der Waals surface area contributed by atoms with E-state index in [9.17, 15) is 0 Å². The van der Waals surface area contributed by atoms with Gasteiger partial charge in [0.1, 0.15) is 0 Å². The molecule has 0 aliphatic carbocycles. The lowest BCUT2D eigenvalue weighted by Gasteiger charge is -2.33. The Kier molecular flexibility index (Phi) is 4.60. The first-order valence-electron chi connectivity index (χ1n) is 6.31. The largest absolute Gasteiger partial charge is 0.312 e. The summed E-state index contributed by atoms with van der Waals surface area (Å²) in [6.07, 6.45) is 2.69. The van der Waals surface area contributed by atoms with E-state index in [1.54, 1.807) is 0 Å². The van der Waals surface area contributed by atoms with Crippen LogP contribution in [-0.4, -0.2) is 37.6 Å². The van der Waals surface area contributed by atoms with Gasteiger partial charge in [-0.3, -0.25) is 0 Å². The number of hydrogen-bond acceptors (Lipinski definition) is 2. The first-order chi connectivity index (χ1) is 6.89. The van der Waals surface area contributed by atoms with Crippen molar-refractivity contribution >= 4 is 0 Å². The zero-order valence-corrected chi connectivity index (χ0v) is 11.1. The third kappa shape index (κ3) is 4.52. The first kappa shape index (κ1) is 13.0. The van der Waals surface area contributed by atoms with Crippen molar-refractivity contribution in [3.05, 3.63) is 0 Å². The number of nitrogens with zero attached hydrogens (tertiary/aromatic N) is 1. The lowest BCUT2D eigenvalue weighted by atomic mass is 9.82. The van der Waals surface area contributed by atoms with E-state index in [-0.39, 0.29) is 0 Å². The van der Waals surface area contributed by atoms with Gasteiger partial charge < -0.3 is 10.2 Å². The Hall–Kier alpha value is -0.0800. The molecule has 0 aromatic carbocycles. The van der Waals surface area contributed by atoms with Crippen LogP contribution in [0.5, 0.6) is 0 Å². The van der Waals surface area contributed by atoms with Gasteiger partial charge in [-0.2, -0.15) is 0 Å². The van der Waals surface area contributed by atoms with E-state index in [1.165, 1.54) is 25.9 Å². The van der Waals surface area contributed by atoms with Gasteiger partial charge in [0.05, 0.1) is 0 Å². The maximum atomic E-state index is 3.72. The molecule has 0 amide bonds. The third-order valence-electron chi connectivity index (χ3n) is 3.82. The molecule has 15 heavy (non-hydrogen) atoms. The summed E-state index contributed by atoms with van der Waals surface area (Å²) in [5, 5.41) is 3.72. The molecule has 1 aliphatic heterocycles. The normalized spacial score (nSPS) is 26.6. The smallest absolute Gasteiger partial charge is 0.0195 e. The average molecular weight is 212 g/mol. The molecule has 0 spiro atoms. The Bertz CT molecular complexity index is 183. The maximum Gasteiger partial charge on any atom is 0.0195 e. The minimum absolute atomic E-state index is 0.424. The number of nitrogens with one attached hydrogen (secondary N) is 1. The zero-order valence-electron chi connectivity index (χ0n) is 11.1. The number of likely N-dealkylation sites (N-methyl/N-ethyl adjacent to an activating group) is 1. The molecule has 0 radical (unpaired) electrons. The summed E-state index contributed by atoms with van der Waals surface area (Å²) >= 11 is 0. The van der Waals surface area contributed by atoms with Gasteiger partial charge in [-0.05, 0) is 44.3 Å². The van der Waals surface area contributed by atoms with Gasteiger partial charge in [0, 0.05) is 12.6 Å². The summed E-state index contributed by atoms with van der Waals surface area (Å²) < 4.78 is 0. The second-order valence-electron chi connectivity index (χ2n) is 6.28. The standard InChI is InChI=1S/C13H28N2/c1-11(13(2,3)4)9-14-12-7-6-8-15(5)10-12/h11-12,14H,6-10H2,1-5H3. The van der Waals surface area contributed by atoms with Gasteiger partial charge in [-0.1, -0.05) is 27.7 Å². The van der Waals surface area contributed by atoms with E-state index in [0.29, 0.717) is 11.5 Å². The number of rotatable bonds is 3. The second kappa shape index (κ2) is 5.31. The fraction of sp³-hybridized carbons (Fsp3) is 1.00. The van der Waals surface area contributed by atoms with Crippen molar-refractivity contribution in [1.82, 2.24) is 10.2 Å². The third-order valence-corrected chi connectivity index (χ3v) is 3.82. The quantitative estimate of drug-likeness (QED) is 0.772. The van der Waals surface area contributed by atoms with Crippen LogP contribution in [0.3, 0.4) is 0 Å². The molecule has 0 saturated carbocycles. The molecule has 0 aromatic heterocycles. The van der Waals surface area contributed by atoms with Gasteiger partial charge in [0.25, 0.3) is 0 Å². The van der Waals surface area contributed by atoms with Crippen molar-refractivity contribution in [3.8, 4) is 0 Å². The summed E-state index contributed by atoms with van der Waals surface area (Å²) in [5.41, 5.74) is 0.424. The fourth-order valence-corrected chi connectivity index (χ4v) is 1.98. The Balaban J connectivity index is 2.24. The monoisotopic (exact) mass is 212 g/mol. The van der Waals surface area contributed by atoms with Crippen LogP contribution < -0.4 is 5.32 Å². The number of likely N-dealkylation sites (tertiary alicyclic amines) is 1. The van der Waals surface area contributed by atoms with Gasteiger partial charge in [-0.15, -0.1) is 0 Å². The van der Waals surface area contributed by atoms with Crippen molar-refractivity contribution in [2.24, 2.45) is 11.3 Å². The molecular weight excluding hydrogens is 184 g/mol. The molecule has 1 fully saturated rings. The highest BCUT2D eigenvalue weighted by Gasteiger charge is 2.22. The van der Waals surface area contributed by atoms with Gasteiger partial charge in [-0.25, -0.2) is 0 Å². The topological polar surface area (TPSA) is 15.3 Å². The van der Waals surface area contributed by atoms with Crippen molar-refractivity contribution < 1.29 is 0 Å². The van der Waals surface area contributed by atoms with E-state index >= 15 is 0 Å². The summed E-state index contributed by atoms with van der Waals surface area (Å²) in [6.45, 7) is 13.0. The van der Waals surface area contributed by atoms with Gasteiger partial charge in [0.15, 0.2) is 0 Å². The molecule has 2 heteroatoms. The molecule has 2 nitrogen and oxygen atoms in total. The number of hydrogen-bond donors (Lipinski definition) is 1. The lowest BCUT2D eigenvalue weighted by Crippen LogP contribution is -2.46. The summed E-state index contributed by atoms with van der Waals surface area (Å²) in [4.78, 5) is 2.43. The molecule has 0 bridgehead atoms. The van der Waals surface area contributed by atoms with Crippen LogP contribution in [0.1, 0.15) is 40.5 Å².